The molecule has 1 saturated heterocycles. The van der Waals surface area contributed by atoms with Gasteiger partial charge in [-0.25, -0.2) is 9.97 Å². The zero-order chi connectivity index (χ0) is 16.5. The van der Waals surface area contributed by atoms with Gasteiger partial charge in [0.1, 0.15) is 0 Å². The van der Waals surface area contributed by atoms with Gasteiger partial charge >= 0.3 is 0 Å². The lowest BCUT2D eigenvalue weighted by molar-refractivity contribution is -0.120. The number of anilines is 2. The molecule has 3 heterocycles. The Morgan fingerprint density at radius 1 is 1.42 bits per heavy atom. The maximum atomic E-state index is 12.5. The second-order valence-corrected chi connectivity index (χ2v) is 7.98. The maximum Gasteiger partial charge on any atom is 0.231 e. The third-order valence-corrected chi connectivity index (χ3v) is 6.03. The SMILES string of the molecule is Cc1ccc2nc(N3CCCC(C(=O)Nc4nccs4)C3)sc2c1. The van der Waals surface area contributed by atoms with Gasteiger partial charge in [-0.2, -0.15) is 0 Å². The number of aromatic nitrogens is 2. The van der Waals surface area contributed by atoms with Crippen LogP contribution in [0.15, 0.2) is 29.8 Å². The fourth-order valence-corrected chi connectivity index (χ4v) is 4.64. The number of amides is 1. The van der Waals surface area contributed by atoms with Crippen LogP contribution >= 0.6 is 22.7 Å². The largest absolute Gasteiger partial charge is 0.347 e. The Labute approximate surface area is 148 Å². The molecule has 1 aliphatic rings. The fraction of sp³-hybridized carbons (Fsp3) is 0.353. The van der Waals surface area contributed by atoms with Crippen molar-refractivity contribution in [2.24, 2.45) is 5.92 Å². The number of hydrogen-bond donors (Lipinski definition) is 1. The van der Waals surface area contributed by atoms with Crippen molar-refractivity contribution >= 4 is 49.1 Å². The van der Waals surface area contributed by atoms with Crippen molar-refractivity contribution < 1.29 is 4.79 Å². The summed E-state index contributed by atoms with van der Waals surface area (Å²) in [4.78, 5) is 23.6. The minimum Gasteiger partial charge on any atom is -0.347 e. The number of fused-ring (bicyclic) bond motifs is 1. The van der Waals surface area contributed by atoms with Crippen molar-refractivity contribution in [2.75, 3.05) is 23.3 Å². The molecule has 1 aliphatic heterocycles. The van der Waals surface area contributed by atoms with Gasteiger partial charge in [0.2, 0.25) is 5.91 Å². The van der Waals surface area contributed by atoms with E-state index in [1.54, 1.807) is 17.5 Å². The number of carbonyl (C=O) groups excluding carboxylic acids is 1. The smallest absolute Gasteiger partial charge is 0.231 e. The molecule has 1 atom stereocenters. The summed E-state index contributed by atoms with van der Waals surface area (Å²) in [5, 5.41) is 6.48. The highest BCUT2D eigenvalue weighted by Crippen LogP contribution is 2.32. The van der Waals surface area contributed by atoms with Crippen LogP contribution in [-0.4, -0.2) is 29.0 Å². The van der Waals surface area contributed by atoms with Crippen LogP contribution in [0.2, 0.25) is 0 Å². The molecule has 1 amide bonds. The van der Waals surface area contributed by atoms with Gasteiger partial charge in [-0.3, -0.25) is 4.79 Å². The number of hydrogen-bond acceptors (Lipinski definition) is 6. The summed E-state index contributed by atoms with van der Waals surface area (Å²) in [6.07, 6.45) is 3.62. The van der Waals surface area contributed by atoms with Gasteiger partial charge in [-0.05, 0) is 37.5 Å². The molecule has 1 fully saturated rings. The number of rotatable bonds is 3. The quantitative estimate of drug-likeness (QED) is 0.771. The fourth-order valence-electron chi connectivity index (χ4n) is 3.01. The minimum absolute atomic E-state index is 0.0172. The molecule has 5 nitrogen and oxygen atoms in total. The van der Waals surface area contributed by atoms with E-state index in [9.17, 15) is 4.79 Å². The molecule has 1 aromatic carbocycles. The van der Waals surface area contributed by atoms with E-state index in [4.69, 9.17) is 4.98 Å². The van der Waals surface area contributed by atoms with Gasteiger partial charge in [-0.1, -0.05) is 17.4 Å². The molecule has 124 valence electrons. The number of aryl methyl sites for hydroxylation is 1. The Kier molecular flexibility index (Phi) is 4.20. The van der Waals surface area contributed by atoms with Crippen LogP contribution in [0.4, 0.5) is 10.3 Å². The summed E-state index contributed by atoms with van der Waals surface area (Å²) in [7, 11) is 0. The molecular formula is C17H18N4OS2. The van der Waals surface area contributed by atoms with Crippen molar-refractivity contribution in [1.29, 1.82) is 0 Å². The molecule has 2 aromatic heterocycles. The zero-order valence-corrected chi connectivity index (χ0v) is 15.0. The predicted molar refractivity (Wildman–Crippen MR) is 100 cm³/mol. The maximum absolute atomic E-state index is 12.5. The average Bonchev–Trinajstić information content (AvgIpc) is 3.24. The van der Waals surface area contributed by atoms with E-state index in [-0.39, 0.29) is 11.8 Å². The van der Waals surface area contributed by atoms with Gasteiger partial charge in [-0.15, -0.1) is 11.3 Å². The van der Waals surface area contributed by atoms with Gasteiger partial charge in [0.05, 0.1) is 16.1 Å². The topological polar surface area (TPSA) is 58.1 Å². The summed E-state index contributed by atoms with van der Waals surface area (Å²) >= 11 is 3.16. The van der Waals surface area contributed by atoms with Crippen molar-refractivity contribution in [1.82, 2.24) is 9.97 Å². The Morgan fingerprint density at radius 2 is 2.33 bits per heavy atom. The molecule has 3 aromatic rings. The summed E-state index contributed by atoms with van der Waals surface area (Å²) in [6, 6.07) is 6.33. The molecule has 7 heteroatoms. The average molecular weight is 358 g/mol. The van der Waals surface area contributed by atoms with Crippen LogP contribution in [0.1, 0.15) is 18.4 Å². The van der Waals surface area contributed by atoms with Crippen LogP contribution in [0.25, 0.3) is 10.2 Å². The van der Waals surface area contributed by atoms with E-state index in [0.29, 0.717) is 5.13 Å². The number of carbonyl (C=O) groups is 1. The lowest BCUT2D eigenvalue weighted by atomic mass is 9.97. The first-order chi connectivity index (χ1) is 11.7. The Balaban J connectivity index is 1.50. The van der Waals surface area contributed by atoms with Gasteiger partial charge in [0, 0.05) is 24.7 Å². The van der Waals surface area contributed by atoms with Crippen molar-refractivity contribution in [3.8, 4) is 0 Å². The highest BCUT2D eigenvalue weighted by Gasteiger charge is 2.27. The van der Waals surface area contributed by atoms with E-state index in [0.717, 1.165) is 36.6 Å². The van der Waals surface area contributed by atoms with E-state index in [1.807, 2.05) is 5.38 Å². The molecule has 0 radical (unpaired) electrons. The zero-order valence-electron chi connectivity index (χ0n) is 13.4. The molecule has 1 unspecified atom stereocenters. The van der Waals surface area contributed by atoms with E-state index in [1.165, 1.54) is 21.6 Å². The number of benzene rings is 1. The van der Waals surface area contributed by atoms with Crippen molar-refractivity contribution in [2.45, 2.75) is 19.8 Å². The Hall–Kier alpha value is -1.99. The second-order valence-electron chi connectivity index (χ2n) is 6.08. The highest BCUT2D eigenvalue weighted by atomic mass is 32.1. The first-order valence-electron chi connectivity index (χ1n) is 8.01. The van der Waals surface area contributed by atoms with Crippen molar-refractivity contribution in [3.63, 3.8) is 0 Å². The van der Waals surface area contributed by atoms with Gasteiger partial charge < -0.3 is 10.2 Å². The van der Waals surface area contributed by atoms with Crippen LogP contribution in [0.5, 0.6) is 0 Å². The molecule has 0 bridgehead atoms. The van der Waals surface area contributed by atoms with Crippen LogP contribution in [0.3, 0.4) is 0 Å². The molecule has 1 N–H and O–H groups in total. The van der Waals surface area contributed by atoms with E-state index >= 15 is 0 Å². The highest BCUT2D eigenvalue weighted by molar-refractivity contribution is 7.22. The Morgan fingerprint density at radius 3 is 3.17 bits per heavy atom. The van der Waals surface area contributed by atoms with E-state index in [2.05, 4.69) is 40.3 Å². The molecule has 0 saturated carbocycles. The summed E-state index contributed by atoms with van der Waals surface area (Å²) in [6.45, 7) is 3.77. The molecule has 0 aliphatic carbocycles. The molecule has 4 rings (SSSR count). The normalized spacial score (nSPS) is 18.0. The summed E-state index contributed by atoms with van der Waals surface area (Å²) in [5.41, 5.74) is 2.28. The summed E-state index contributed by atoms with van der Waals surface area (Å²) in [5.74, 6) is 0.0444. The number of piperidine rings is 1. The van der Waals surface area contributed by atoms with Crippen molar-refractivity contribution in [3.05, 3.63) is 35.3 Å². The van der Waals surface area contributed by atoms with Crippen LogP contribution in [-0.2, 0) is 4.79 Å². The first kappa shape index (κ1) is 15.5. The standard InChI is InChI=1S/C17H18N4OS2/c1-11-4-5-13-14(9-11)24-17(19-13)21-7-2-3-12(10-21)15(22)20-16-18-6-8-23-16/h4-6,8-9,12H,2-3,7,10H2,1H3,(H,18,20,22). The monoisotopic (exact) mass is 358 g/mol. The third-order valence-electron chi connectivity index (χ3n) is 4.26. The molecule has 0 spiro atoms. The summed E-state index contributed by atoms with van der Waals surface area (Å²) < 4.78 is 1.21. The third kappa shape index (κ3) is 3.14. The first-order valence-corrected chi connectivity index (χ1v) is 9.71. The predicted octanol–water partition coefficient (Wildman–Crippen LogP) is 3.92. The van der Waals surface area contributed by atoms with Crippen LogP contribution in [0, 0.1) is 12.8 Å². The lowest BCUT2D eigenvalue weighted by Gasteiger charge is -2.31. The second kappa shape index (κ2) is 6.49. The minimum atomic E-state index is -0.0172. The number of thiazole rings is 2. The molecular weight excluding hydrogens is 340 g/mol. The van der Waals surface area contributed by atoms with E-state index < -0.39 is 0 Å². The number of nitrogens with one attached hydrogen (secondary N) is 1. The van der Waals surface area contributed by atoms with Gasteiger partial charge in [0.25, 0.3) is 0 Å². The lowest BCUT2D eigenvalue weighted by Crippen LogP contribution is -2.40. The van der Waals surface area contributed by atoms with Crippen LogP contribution < -0.4 is 10.2 Å². The molecule has 24 heavy (non-hydrogen) atoms. The number of nitrogens with zero attached hydrogens (tertiary/aromatic N) is 3. The van der Waals surface area contributed by atoms with Gasteiger partial charge in [0.15, 0.2) is 10.3 Å². The Bertz CT molecular complexity index is 859.